The average molecular weight is 279 g/mol. The molecule has 1 saturated carbocycles. The van der Waals surface area contributed by atoms with E-state index >= 15 is 0 Å². The van der Waals surface area contributed by atoms with Gasteiger partial charge in [0.2, 0.25) is 0 Å². The maximum Gasteiger partial charge on any atom is 0.176 e. The summed E-state index contributed by atoms with van der Waals surface area (Å²) < 4.78 is 0. The minimum Gasteiger partial charge on any atom is -0.395 e. The molecule has 0 heterocycles. The highest BCUT2D eigenvalue weighted by molar-refractivity contribution is 7.98. The van der Waals surface area contributed by atoms with E-state index < -0.39 is 0 Å². The van der Waals surface area contributed by atoms with Crippen LogP contribution in [0.5, 0.6) is 0 Å². The lowest BCUT2D eigenvalue weighted by Crippen LogP contribution is -2.44. The zero-order valence-corrected chi connectivity index (χ0v) is 12.2. The number of hydrogen-bond donors (Lipinski definition) is 1. The smallest absolute Gasteiger partial charge is 0.176 e. The average Bonchev–Trinajstić information content (AvgIpc) is 2.37. The Balaban J connectivity index is 1.97. The Kier molecular flexibility index (Phi) is 5.43. The second-order valence-corrected chi connectivity index (χ2v) is 5.81. The van der Waals surface area contributed by atoms with Gasteiger partial charge in [0.05, 0.1) is 13.2 Å². The lowest BCUT2D eigenvalue weighted by atomic mass is 9.91. The zero-order valence-electron chi connectivity index (χ0n) is 11.3. The zero-order chi connectivity index (χ0) is 13.7. The van der Waals surface area contributed by atoms with E-state index in [0.717, 1.165) is 18.4 Å². The minimum absolute atomic E-state index is 0.120. The molecule has 1 aromatic rings. The van der Waals surface area contributed by atoms with Crippen molar-refractivity contribution >= 4 is 17.5 Å². The van der Waals surface area contributed by atoms with Crippen LogP contribution in [0.4, 0.5) is 0 Å². The summed E-state index contributed by atoms with van der Waals surface area (Å²) in [5, 5.41) is 9.10. The SMILES string of the molecule is CSc1ccc(C(=O)CN(CCO)C2CCC2)cc1. The van der Waals surface area contributed by atoms with Gasteiger partial charge in [0, 0.05) is 23.0 Å². The van der Waals surface area contributed by atoms with E-state index in [1.165, 1.54) is 11.3 Å². The number of benzene rings is 1. The first kappa shape index (κ1) is 14.6. The summed E-state index contributed by atoms with van der Waals surface area (Å²) in [6, 6.07) is 8.24. The Bertz CT molecular complexity index is 415. The molecular weight excluding hydrogens is 258 g/mol. The van der Waals surface area contributed by atoms with Crippen molar-refractivity contribution in [3.8, 4) is 0 Å². The minimum atomic E-state index is 0.120. The third kappa shape index (κ3) is 3.81. The van der Waals surface area contributed by atoms with Crippen molar-refractivity contribution in [2.24, 2.45) is 0 Å². The molecule has 2 rings (SSSR count). The van der Waals surface area contributed by atoms with Crippen molar-refractivity contribution in [1.29, 1.82) is 0 Å². The van der Waals surface area contributed by atoms with Crippen molar-refractivity contribution < 1.29 is 9.90 Å². The van der Waals surface area contributed by atoms with Crippen LogP contribution in [0.1, 0.15) is 29.6 Å². The van der Waals surface area contributed by atoms with Crippen LogP contribution in [0.2, 0.25) is 0 Å². The van der Waals surface area contributed by atoms with Gasteiger partial charge in [-0.3, -0.25) is 9.69 Å². The highest BCUT2D eigenvalue weighted by Gasteiger charge is 2.26. The molecule has 0 radical (unpaired) electrons. The van der Waals surface area contributed by atoms with Crippen molar-refractivity contribution in [2.75, 3.05) is 26.0 Å². The van der Waals surface area contributed by atoms with Gasteiger partial charge in [-0.2, -0.15) is 0 Å². The fourth-order valence-electron chi connectivity index (χ4n) is 2.32. The molecule has 0 bridgehead atoms. The number of aliphatic hydroxyl groups is 1. The normalized spacial score (nSPS) is 15.5. The molecule has 1 aromatic carbocycles. The topological polar surface area (TPSA) is 40.5 Å². The molecule has 0 aliphatic heterocycles. The van der Waals surface area contributed by atoms with Gasteiger partial charge in [-0.25, -0.2) is 0 Å². The summed E-state index contributed by atoms with van der Waals surface area (Å²) in [6.45, 7) is 1.14. The number of aliphatic hydroxyl groups excluding tert-OH is 1. The molecule has 0 aromatic heterocycles. The molecule has 104 valence electrons. The number of carbonyl (C=O) groups is 1. The molecule has 0 unspecified atom stereocenters. The van der Waals surface area contributed by atoms with Gasteiger partial charge in [-0.05, 0) is 31.2 Å². The molecule has 19 heavy (non-hydrogen) atoms. The standard InChI is InChI=1S/C15H21NO2S/c1-19-14-7-5-12(6-8-14)15(18)11-16(9-10-17)13-3-2-4-13/h5-8,13,17H,2-4,9-11H2,1H3. The number of thioether (sulfide) groups is 1. The lowest BCUT2D eigenvalue weighted by Gasteiger charge is -2.36. The second kappa shape index (κ2) is 7.08. The van der Waals surface area contributed by atoms with Gasteiger partial charge < -0.3 is 5.11 Å². The van der Waals surface area contributed by atoms with E-state index in [-0.39, 0.29) is 12.4 Å². The fourth-order valence-corrected chi connectivity index (χ4v) is 2.73. The van der Waals surface area contributed by atoms with Gasteiger partial charge in [0.15, 0.2) is 5.78 Å². The fraction of sp³-hybridized carbons (Fsp3) is 0.533. The maximum absolute atomic E-state index is 12.2. The van der Waals surface area contributed by atoms with Crippen LogP contribution in [0, 0.1) is 0 Å². The number of carbonyl (C=O) groups excluding carboxylic acids is 1. The number of rotatable bonds is 7. The van der Waals surface area contributed by atoms with E-state index in [1.807, 2.05) is 30.5 Å². The molecule has 1 fully saturated rings. The van der Waals surface area contributed by atoms with Gasteiger partial charge in [0.25, 0.3) is 0 Å². The monoisotopic (exact) mass is 279 g/mol. The van der Waals surface area contributed by atoms with Crippen molar-refractivity contribution in [1.82, 2.24) is 4.90 Å². The molecule has 0 saturated heterocycles. The van der Waals surface area contributed by atoms with Crippen molar-refractivity contribution in [3.05, 3.63) is 29.8 Å². The van der Waals surface area contributed by atoms with Crippen molar-refractivity contribution in [2.45, 2.75) is 30.2 Å². The Morgan fingerprint density at radius 2 is 2.05 bits per heavy atom. The summed E-state index contributed by atoms with van der Waals surface area (Å²) >= 11 is 1.67. The largest absolute Gasteiger partial charge is 0.395 e. The molecular formula is C15H21NO2S. The highest BCUT2D eigenvalue weighted by atomic mass is 32.2. The van der Waals surface area contributed by atoms with Crippen LogP contribution in [0.25, 0.3) is 0 Å². The first-order chi connectivity index (χ1) is 9.24. The van der Waals surface area contributed by atoms with Crippen LogP contribution < -0.4 is 0 Å². The first-order valence-corrected chi connectivity index (χ1v) is 7.99. The van der Waals surface area contributed by atoms with Crippen LogP contribution >= 0.6 is 11.8 Å². The maximum atomic E-state index is 12.2. The molecule has 0 amide bonds. The Labute approximate surface area is 119 Å². The van der Waals surface area contributed by atoms with Gasteiger partial charge in [-0.15, -0.1) is 11.8 Å². The van der Waals surface area contributed by atoms with E-state index in [1.54, 1.807) is 11.8 Å². The first-order valence-electron chi connectivity index (χ1n) is 6.76. The van der Waals surface area contributed by atoms with Crippen LogP contribution in [0.15, 0.2) is 29.2 Å². The van der Waals surface area contributed by atoms with Crippen LogP contribution in [0.3, 0.4) is 0 Å². The van der Waals surface area contributed by atoms with E-state index in [4.69, 9.17) is 5.11 Å². The number of ketones is 1. The summed E-state index contributed by atoms with van der Waals surface area (Å²) in [5.41, 5.74) is 0.764. The quantitative estimate of drug-likeness (QED) is 0.615. The molecule has 0 spiro atoms. The highest BCUT2D eigenvalue weighted by Crippen LogP contribution is 2.24. The van der Waals surface area contributed by atoms with E-state index in [2.05, 4.69) is 4.90 Å². The second-order valence-electron chi connectivity index (χ2n) is 4.93. The van der Waals surface area contributed by atoms with E-state index in [9.17, 15) is 4.79 Å². The Hall–Kier alpha value is -0.840. The Morgan fingerprint density at radius 1 is 1.37 bits per heavy atom. The predicted octanol–water partition coefficient (Wildman–Crippen LogP) is 2.44. The molecule has 1 aliphatic rings. The van der Waals surface area contributed by atoms with Gasteiger partial charge in [0.1, 0.15) is 0 Å². The van der Waals surface area contributed by atoms with Crippen molar-refractivity contribution in [3.63, 3.8) is 0 Å². The third-order valence-corrected chi connectivity index (χ3v) is 4.48. The van der Waals surface area contributed by atoms with E-state index in [0.29, 0.717) is 19.1 Å². The number of hydrogen-bond acceptors (Lipinski definition) is 4. The summed E-state index contributed by atoms with van der Waals surface area (Å²) in [7, 11) is 0. The molecule has 3 nitrogen and oxygen atoms in total. The molecule has 0 atom stereocenters. The number of nitrogens with zero attached hydrogens (tertiary/aromatic N) is 1. The summed E-state index contributed by atoms with van der Waals surface area (Å²) in [6.07, 6.45) is 5.57. The van der Waals surface area contributed by atoms with Gasteiger partial charge in [-0.1, -0.05) is 18.6 Å². The molecule has 1 N–H and O–H groups in total. The molecule has 4 heteroatoms. The third-order valence-electron chi connectivity index (χ3n) is 3.74. The summed E-state index contributed by atoms with van der Waals surface area (Å²) in [5.74, 6) is 0.146. The Morgan fingerprint density at radius 3 is 2.53 bits per heavy atom. The summed E-state index contributed by atoms with van der Waals surface area (Å²) in [4.78, 5) is 15.5. The lowest BCUT2D eigenvalue weighted by molar-refractivity contribution is 0.0747. The van der Waals surface area contributed by atoms with Crippen LogP contribution in [-0.4, -0.2) is 47.8 Å². The van der Waals surface area contributed by atoms with Gasteiger partial charge >= 0.3 is 0 Å². The van der Waals surface area contributed by atoms with Crippen LogP contribution in [-0.2, 0) is 0 Å². The number of Topliss-reactive ketones (excluding diaryl/α,β-unsaturated/α-hetero) is 1. The molecule has 1 aliphatic carbocycles. The predicted molar refractivity (Wildman–Crippen MR) is 78.9 cm³/mol.